The van der Waals surface area contributed by atoms with Crippen LogP contribution in [0.1, 0.15) is 80.8 Å². The van der Waals surface area contributed by atoms with Gasteiger partial charge in [-0.2, -0.15) is 5.10 Å². The van der Waals surface area contributed by atoms with Crippen LogP contribution in [0.5, 0.6) is 0 Å². The molecule has 3 atom stereocenters. The summed E-state index contributed by atoms with van der Waals surface area (Å²) in [4.78, 5) is 39.7. The van der Waals surface area contributed by atoms with Crippen molar-refractivity contribution in [2.45, 2.75) is 82.3 Å². The standard InChI is InChI=1S/C28H37N5O4/c1-18-17-28(13-15-37-18)21-11-10-20(16-22(21)31-27(28)36)30-26(35)24(19-8-6-4-3-5-7-9-19)32-25(34)23-12-14-29-33(23)2/h10-12,14,16,18-19,24H,3-9,13,15,17H2,1-2H3,(H,30,35)(H,31,36)(H,32,34)/t18-,24?,28+/m1/s1. The van der Waals surface area contributed by atoms with Gasteiger partial charge in [0.1, 0.15) is 11.7 Å². The highest BCUT2D eigenvalue weighted by molar-refractivity contribution is 6.07. The van der Waals surface area contributed by atoms with Crippen LogP contribution in [0.4, 0.5) is 11.4 Å². The van der Waals surface area contributed by atoms with Crippen LogP contribution in [-0.2, 0) is 26.8 Å². The van der Waals surface area contributed by atoms with E-state index in [4.69, 9.17) is 4.74 Å². The quantitative estimate of drug-likeness (QED) is 0.568. The Morgan fingerprint density at radius 2 is 1.92 bits per heavy atom. The van der Waals surface area contributed by atoms with Gasteiger partial charge in [-0.1, -0.05) is 38.2 Å². The number of nitrogens with zero attached hydrogens (tertiary/aromatic N) is 2. The highest BCUT2D eigenvalue weighted by Crippen LogP contribution is 2.46. The van der Waals surface area contributed by atoms with Crippen LogP contribution in [0.25, 0.3) is 0 Å². The number of rotatable bonds is 5. The maximum Gasteiger partial charge on any atom is 0.270 e. The van der Waals surface area contributed by atoms with Gasteiger partial charge >= 0.3 is 0 Å². The first-order valence-corrected chi connectivity index (χ1v) is 13.5. The van der Waals surface area contributed by atoms with Gasteiger partial charge in [-0.25, -0.2) is 0 Å². The summed E-state index contributed by atoms with van der Waals surface area (Å²) >= 11 is 0. The van der Waals surface area contributed by atoms with Crippen molar-refractivity contribution < 1.29 is 19.1 Å². The minimum Gasteiger partial charge on any atom is -0.378 e. The van der Waals surface area contributed by atoms with Crippen molar-refractivity contribution >= 4 is 29.1 Å². The summed E-state index contributed by atoms with van der Waals surface area (Å²) in [6.07, 6.45) is 10.3. The van der Waals surface area contributed by atoms with E-state index in [0.29, 0.717) is 30.8 Å². The summed E-state index contributed by atoms with van der Waals surface area (Å²) < 4.78 is 7.21. The maximum absolute atomic E-state index is 13.7. The van der Waals surface area contributed by atoms with Crippen molar-refractivity contribution in [3.05, 3.63) is 41.7 Å². The molecule has 2 fully saturated rings. The fourth-order valence-electron chi connectivity index (χ4n) is 6.29. The maximum atomic E-state index is 13.7. The second-order valence-corrected chi connectivity index (χ2v) is 10.8. The zero-order valence-corrected chi connectivity index (χ0v) is 21.7. The van der Waals surface area contributed by atoms with Gasteiger partial charge in [0, 0.05) is 31.2 Å². The minimum atomic E-state index is -0.661. The highest BCUT2D eigenvalue weighted by Gasteiger charge is 2.49. The first-order chi connectivity index (χ1) is 17.9. The van der Waals surface area contributed by atoms with Crippen molar-refractivity contribution in [3.63, 3.8) is 0 Å². The number of aromatic nitrogens is 2. The molecule has 37 heavy (non-hydrogen) atoms. The van der Waals surface area contributed by atoms with Crippen molar-refractivity contribution in [2.75, 3.05) is 17.2 Å². The second-order valence-electron chi connectivity index (χ2n) is 10.8. The molecule has 0 bridgehead atoms. The number of fused-ring (bicyclic) bond motifs is 2. The lowest BCUT2D eigenvalue weighted by Crippen LogP contribution is -2.49. The van der Waals surface area contributed by atoms with Gasteiger partial charge in [0.2, 0.25) is 11.8 Å². The predicted octanol–water partition coefficient (Wildman–Crippen LogP) is 3.91. The summed E-state index contributed by atoms with van der Waals surface area (Å²) in [6, 6.07) is 6.62. The average molecular weight is 508 g/mol. The molecule has 9 nitrogen and oxygen atoms in total. The van der Waals surface area contributed by atoms with Crippen LogP contribution < -0.4 is 16.0 Å². The summed E-state index contributed by atoms with van der Waals surface area (Å²) in [5.74, 6) is -0.491. The van der Waals surface area contributed by atoms with E-state index in [0.717, 1.165) is 49.8 Å². The number of ether oxygens (including phenoxy) is 1. The number of hydrogen-bond acceptors (Lipinski definition) is 5. The van der Waals surface area contributed by atoms with Gasteiger partial charge < -0.3 is 20.7 Å². The molecule has 1 saturated carbocycles. The molecule has 198 valence electrons. The van der Waals surface area contributed by atoms with Gasteiger partial charge in [-0.05, 0) is 62.3 Å². The summed E-state index contributed by atoms with van der Waals surface area (Å²) in [7, 11) is 1.71. The first-order valence-electron chi connectivity index (χ1n) is 13.5. The number of hydrogen-bond donors (Lipinski definition) is 3. The van der Waals surface area contributed by atoms with Crippen molar-refractivity contribution in [2.24, 2.45) is 13.0 Å². The molecule has 1 spiro atoms. The van der Waals surface area contributed by atoms with Crippen molar-refractivity contribution in [1.82, 2.24) is 15.1 Å². The van der Waals surface area contributed by atoms with Crippen LogP contribution >= 0.6 is 0 Å². The molecule has 0 radical (unpaired) electrons. The third-order valence-electron chi connectivity index (χ3n) is 8.30. The lowest BCUT2D eigenvalue weighted by Gasteiger charge is -2.35. The topological polar surface area (TPSA) is 114 Å². The van der Waals surface area contributed by atoms with Crippen LogP contribution in [-0.4, -0.2) is 46.3 Å². The van der Waals surface area contributed by atoms with Crippen molar-refractivity contribution in [1.29, 1.82) is 0 Å². The average Bonchev–Trinajstić information content (AvgIpc) is 3.38. The Kier molecular flexibility index (Phi) is 7.33. The Labute approximate surface area is 217 Å². The number of carbonyl (C=O) groups is 3. The zero-order chi connectivity index (χ0) is 26.0. The van der Waals surface area contributed by atoms with E-state index in [1.807, 2.05) is 25.1 Å². The molecule has 3 amide bonds. The minimum absolute atomic E-state index is 0.00281. The molecule has 3 aliphatic rings. The van der Waals surface area contributed by atoms with Crippen LogP contribution in [0, 0.1) is 5.92 Å². The fraction of sp³-hybridized carbons (Fsp3) is 0.571. The van der Waals surface area contributed by atoms with Crippen LogP contribution in [0.2, 0.25) is 0 Å². The number of anilines is 2. The number of carbonyl (C=O) groups excluding carboxylic acids is 3. The number of benzene rings is 1. The Morgan fingerprint density at radius 1 is 1.16 bits per heavy atom. The molecule has 3 N–H and O–H groups in total. The van der Waals surface area contributed by atoms with E-state index in [-0.39, 0.29) is 29.7 Å². The SMILES string of the molecule is C[C@@H]1C[C@]2(CCO1)C(=O)Nc1cc(NC(=O)C(NC(=O)c3ccnn3C)C3CCCCCCC3)ccc12. The van der Waals surface area contributed by atoms with Gasteiger partial charge in [0.05, 0.1) is 11.5 Å². The molecule has 1 aromatic heterocycles. The van der Waals surface area contributed by atoms with Gasteiger partial charge in [-0.15, -0.1) is 0 Å². The second kappa shape index (κ2) is 10.7. The molecule has 3 heterocycles. The molecule has 1 aliphatic carbocycles. The molecular formula is C28H37N5O4. The van der Waals surface area contributed by atoms with Gasteiger partial charge in [0.15, 0.2) is 0 Å². The predicted molar refractivity (Wildman–Crippen MR) is 140 cm³/mol. The third-order valence-corrected chi connectivity index (χ3v) is 8.30. The van der Waals surface area contributed by atoms with E-state index in [1.165, 1.54) is 11.1 Å². The zero-order valence-electron chi connectivity index (χ0n) is 21.7. The Hall–Kier alpha value is -3.20. The number of nitrogens with one attached hydrogen (secondary N) is 3. The van der Waals surface area contributed by atoms with E-state index in [1.54, 1.807) is 19.3 Å². The molecule has 2 aliphatic heterocycles. The van der Waals surface area contributed by atoms with Gasteiger partial charge in [0.25, 0.3) is 5.91 Å². The summed E-state index contributed by atoms with van der Waals surface area (Å²) in [5.41, 5.74) is 2.14. The monoisotopic (exact) mass is 507 g/mol. The molecule has 5 rings (SSSR count). The molecule has 2 aromatic rings. The van der Waals surface area contributed by atoms with Crippen LogP contribution in [0.15, 0.2) is 30.5 Å². The molecular weight excluding hydrogens is 470 g/mol. The lowest BCUT2D eigenvalue weighted by atomic mass is 9.73. The van der Waals surface area contributed by atoms with E-state index in [9.17, 15) is 14.4 Å². The molecule has 1 aromatic carbocycles. The smallest absolute Gasteiger partial charge is 0.270 e. The molecule has 1 unspecified atom stereocenters. The normalized spacial score (nSPS) is 25.0. The Bertz CT molecular complexity index is 1170. The third kappa shape index (κ3) is 5.14. The van der Waals surface area contributed by atoms with E-state index < -0.39 is 11.5 Å². The molecule has 1 saturated heterocycles. The van der Waals surface area contributed by atoms with E-state index in [2.05, 4.69) is 21.0 Å². The highest BCUT2D eigenvalue weighted by atomic mass is 16.5. The Morgan fingerprint density at radius 3 is 2.62 bits per heavy atom. The largest absolute Gasteiger partial charge is 0.378 e. The first kappa shape index (κ1) is 25.4. The van der Waals surface area contributed by atoms with E-state index >= 15 is 0 Å². The Balaban J connectivity index is 1.36. The summed E-state index contributed by atoms with van der Waals surface area (Å²) in [6.45, 7) is 2.54. The number of aryl methyl sites for hydroxylation is 1. The van der Waals surface area contributed by atoms with Gasteiger partial charge in [-0.3, -0.25) is 19.1 Å². The number of amides is 3. The van der Waals surface area contributed by atoms with Crippen LogP contribution in [0.3, 0.4) is 0 Å². The molecule has 9 heteroatoms. The lowest BCUT2D eigenvalue weighted by molar-refractivity contribution is -0.126. The van der Waals surface area contributed by atoms with Crippen molar-refractivity contribution in [3.8, 4) is 0 Å². The summed E-state index contributed by atoms with van der Waals surface area (Å²) in [5, 5.41) is 13.2. The fourth-order valence-corrected chi connectivity index (χ4v) is 6.29.